The Balaban J connectivity index is 1.54. The van der Waals surface area contributed by atoms with E-state index in [4.69, 9.17) is 11.6 Å². The molecule has 8 nitrogen and oxygen atoms in total. The van der Waals surface area contributed by atoms with Crippen LogP contribution in [0.1, 0.15) is 21.5 Å². The molecule has 0 aliphatic carbocycles. The van der Waals surface area contributed by atoms with Crippen molar-refractivity contribution in [1.29, 1.82) is 0 Å². The molecule has 0 radical (unpaired) electrons. The third-order valence-electron chi connectivity index (χ3n) is 6.03. The fourth-order valence-electron chi connectivity index (χ4n) is 3.76. The number of para-hydroxylation sites is 1. The van der Waals surface area contributed by atoms with Crippen LogP contribution in [-0.2, 0) is 20.0 Å². The van der Waals surface area contributed by atoms with E-state index in [0.29, 0.717) is 22.0 Å². The number of carbonyl (C=O) groups excluding carboxylic acids is 1. The highest BCUT2D eigenvalue weighted by Gasteiger charge is 2.25. The first kappa shape index (κ1) is 28.2. The fraction of sp³-hybridized carbons (Fsp3) is 0.107. The van der Waals surface area contributed by atoms with Crippen LogP contribution in [0.5, 0.6) is 0 Å². The molecule has 0 fully saturated rings. The molecule has 0 aliphatic rings. The zero-order valence-corrected chi connectivity index (χ0v) is 23.7. The number of halogens is 1. The number of benzene rings is 4. The number of aryl methyl sites for hydroxylation is 2. The molecule has 0 unspecified atom stereocenters. The first-order valence-corrected chi connectivity index (χ1v) is 15.0. The Labute approximate surface area is 233 Å². The van der Waals surface area contributed by atoms with Gasteiger partial charge in [0.1, 0.15) is 0 Å². The first-order chi connectivity index (χ1) is 18.4. The van der Waals surface area contributed by atoms with Crippen molar-refractivity contribution in [2.75, 3.05) is 21.4 Å². The molecule has 0 atom stereocenters. The normalized spacial score (nSPS) is 11.6. The van der Waals surface area contributed by atoms with Gasteiger partial charge >= 0.3 is 0 Å². The summed E-state index contributed by atoms with van der Waals surface area (Å²) in [4.78, 5) is 13.3. The van der Waals surface area contributed by atoms with Crippen molar-refractivity contribution in [3.63, 3.8) is 0 Å². The van der Waals surface area contributed by atoms with Crippen molar-refractivity contribution >= 4 is 54.6 Å². The quantitative estimate of drug-likeness (QED) is 0.271. The lowest BCUT2D eigenvalue weighted by Crippen LogP contribution is -2.29. The Morgan fingerprint density at radius 3 is 2.08 bits per heavy atom. The summed E-state index contributed by atoms with van der Waals surface area (Å²) in [6.07, 6.45) is 0. The predicted molar refractivity (Wildman–Crippen MR) is 155 cm³/mol. The van der Waals surface area contributed by atoms with Gasteiger partial charge in [-0.3, -0.25) is 13.8 Å². The second-order valence-electron chi connectivity index (χ2n) is 8.85. The average molecular weight is 584 g/mol. The maximum Gasteiger partial charge on any atom is 0.264 e. The zero-order valence-electron chi connectivity index (χ0n) is 21.3. The summed E-state index contributed by atoms with van der Waals surface area (Å²) < 4.78 is 55.7. The van der Waals surface area contributed by atoms with Gasteiger partial charge in [-0.05, 0) is 80.1 Å². The van der Waals surface area contributed by atoms with E-state index in [2.05, 4.69) is 10.0 Å². The second kappa shape index (κ2) is 11.1. The van der Waals surface area contributed by atoms with Crippen LogP contribution in [0.2, 0.25) is 5.02 Å². The summed E-state index contributed by atoms with van der Waals surface area (Å²) in [5, 5.41) is 3.10. The van der Waals surface area contributed by atoms with Crippen molar-refractivity contribution < 1.29 is 21.6 Å². The van der Waals surface area contributed by atoms with Gasteiger partial charge in [0, 0.05) is 17.8 Å². The Morgan fingerprint density at radius 1 is 0.795 bits per heavy atom. The molecule has 0 spiro atoms. The van der Waals surface area contributed by atoms with Crippen molar-refractivity contribution in [2.24, 2.45) is 0 Å². The summed E-state index contributed by atoms with van der Waals surface area (Å²) in [7, 11) is -6.44. The third-order valence-corrected chi connectivity index (χ3v) is 9.44. The Hall–Kier alpha value is -3.86. The molecule has 4 rings (SSSR count). The minimum atomic E-state index is -3.92. The number of nitrogens with zero attached hydrogens (tertiary/aromatic N) is 1. The van der Waals surface area contributed by atoms with Crippen LogP contribution in [0.15, 0.2) is 101 Å². The van der Waals surface area contributed by atoms with Crippen LogP contribution in [0, 0.1) is 13.8 Å². The largest absolute Gasteiger partial charge is 0.322 e. The number of rotatable bonds is 8. The minimum Gasteiger partial charge on any atom is -0.322 e. The maximum atomic E-state index is 13.2. The number of hydrogen-bond acceptors (Lipinski definition) is 5. The summed E-state index contributed by atoms with van der Waals surface area (Å²) in [6, 6.07) is 23.3. The molecule has 0 saturated heterocycles. The Morgan fingerprint density at radius 2 is 1.41 bits per heavy atom. The van der Waals surface area contributed by atoms with Crippen LogP contribution in [-0.4, -0.2) is 29.8 Å². The molecule has 0 heterocycles. The molecule has 0 aromatic heterocycles. The van der Waals surface area contributed by atoms with Crippen molar-refractivity contribution in [3.05, 3.63) is 113 Å². The van der Waals surface area contributed by atoms with Gasteiger partial charge in [0.15, 0.2) is 0 Å². The molecule has 1 amide bonds. The molecule has 11 heteroatoms. The second-order valence-corrected chi connectivity index (χ2v) is 12.9. The number of amides is 1. The van der Waals surface area contributed by atoms with E-state index in [1.54, 1.807) is 49.4 Å². The van der Waals surface area contributed by atoms with Crippen molar-refractivity contribution in [3.8, 4) is 0 Å². The van der Waals surface area contributed by atoms with Gasteiger partial charge in [-0.25, -0.2) is 16.8 Å². The van der Waals surface area contributed by atoms with Crippen LogP contribution in [0.3, 0.4) is 0 Å². The van der Waals surface area contributed by atoms with E-state index in [1.165, 1.54) is 55.6 Å². The third kappa shape index (κ3) is 6.25. The molecule has 4 aromatic rings. The summed E-state index contributed by atoms with van der Waals surface area (Å²) in [5.41, 5.74) is 2.64. The van der Waals surface area contributed by atoms with Crippen LogP contribution in [0.4, 0.5) is 17.1 Å². The molecular weight excluding hydrogens is 558 g/mol. The molecule has 202 valence electrons. The Bertz CT molecular complexity index is 1740. The lowest BCUT2D eigenvalue weighted by atomic mass is 10.1. The van der Waals surface area contributed by atoms with E-state index in [-0.39, 0.29) is 21.0 Å². The smallest absolute Gasteiger partial charge is 0.264 e. The van der Waals surface area contributed by atoms with Crippen LogP contribution in [0.25, 0.3) is 0 Å². The highest BCUT2D eigenvalue weighted by Crippen LogP contribution is 2.28. The molecular formula is C28H26ClN3O5S2. The first-order valence-electron chi connectivity index (χ1n) is 11.7. The molecule has 0 saturated carbocycles. The molecule has 4 aromatic carbocycles. The van der Waals surface area contributed by atoms with Gasteiger partial charge in [0.25, 0.3) is 26.0 Å². The van der Waals surface area contributed by atoms with Crippen LogP contribution >= 0.6 is 11.6 Å². The van der Waals surface area contributed by atoms with Gasteiger partial charge in [-0.2, -0.15) is 0 Å². The highest BCUT2D eigenvalue weighted by atomic mass is 35.5. The van der Waals surface area contributed by atoms with Crippen molar-refractivity contribution in [2.45, 2.75) is 23.6 Å². The maximum absolute atomic E-state index is 13.2. The summed E-state index contributed by atoms with van der Waals surface area (Å²) in [5.74, 6) is -0.556. The van der Waals surface area contributed by atoms with Gasteiger partial charge in [0.2, 0.25) is 0 Å². The molecule has 0 bridgehead atoms. The number of nitrogens with one attached hydrogen (secondary N) is 2. The Kier molecular flexibility index (Phi) is 8.01. The number of carbonyl (C=O) groups is 1. The van der Waals surface area contributed by atoms with Gasteiger partial charge in [-0.1, -0.05) is 47.5 Å². The van der Waals surface area contributed by atoms with Gasteiger partial charge < -0.3 is 5.32 Å². The average Bonchev–Trinajstić information content (AvgIpc) is 2.90. The molecule has 39 heavy (non-hydrogen) atoms. The lowest BCUT2D eigenvalue weighted by Gasteiger charge is -2.22. The lowest BCUT2D eigenvalue weighted by molar-refractivity contribution is 0.102. The minimum absolute atomic E-state index is 0.0100. The predicted octanol–water partition coefficient (Wildman–Crippen LogP) is 5.84. The van der Waals surface area contributed by atoms with Gasteiger partial charge in [0.05, 0.1) is 26.7 Å². The fourth-order valence-corrected chi connectivity index (χ4v) is 6.27. The summed E-state index contributed by atoms with van der Waals surface area (Å²) >= 11 is 5.99. The molecule has 2 N–H and O–H groups in total. The topological polar surface area (TPSA) is 113 Å². The number of sulfonamides is 2. The molecule has 0 aliphatic heterocycles. The SMILES string of the molecule is Cc1ccc(S(=O)(=O)N(C)c2ccccc2C(=O)Nc2ccc(S(=O)(=O)Nc3cc(Cl)ccc3C)cc2)cc1. The number of hydrogen-bond donors (Lipinski definition) is 2. The summed E-state index contributed by atoms with van der Waals surface area (Å²) in [6.45, 7) is 3.62. The van der Waals surface area contributed by atoms with E-state index < -0.39 is 26.0 Å². The van der Waals surface area contributed by atoms with Gasteiger partial charge in [-0.15, -0.1) is 0 Å². The number of anilines is 3. The van der Waals surface area contributed by atoms with Crippen molar-refractivity contribution in [1.82, 2.24) is 0 Å². The van der Waals surface area contributed by atoms with E-state index >= 15 is 0 Å². The monoisotopic (exact) mass is 583 g/mol. The highest BCUT2D eigenvalue weighted by molar-refractivity contribution is 7.93. The van der Waals surface area contributed by atoms with E-state index in [0.717, 1.165) is 9.87 Å². The van der Waals surface area contributed by atoms with E-state index in [9.17, 15) is 21.6 Å². The van der Waals surface area contributed by atoms with Crippen LogP contribution < -0.4 is 14.3 Å². The van der Waals surface area contributed by atoms with E-state index in [1.807, 2.05) is 6.92 Å². The standard InChI is InChI=1S/C28H26ClN3O5S2/c1-19-8-14-24(15-9-19)39(36,37)32(3)27-7-5-4-6-25(27)28(33)30-22-12-16-23(17-13-22)38(34,35)31-26-18-21(29)11-10-20(26)2/h4-18,31H,1-3H3,(H,30,33). The zero-order chi connectivity index (χ0) is 28.4.